The topological polar surface area (TPSA) is 91.0 Å². The SMILES string of the molecule is CCOC(=O)[C@]1(c2ccc([N+](=O)[O-])cc2)N=C(c2ccccc2)O[C@@H]1C. The number of ether oxygens (including phenoxy) is 2. The summed E-state index contributed by atoms with van der Waals surface area (Å²) in [6.07, 6.45) is -0.627. The van der Waals surface area contributed by atoms with Crippen LogP contribution in [-0.2, 0) is 19.8 Å². The number of benzene rings is 2. The van der Waals surface area contributed by atoms with E-state index in [0.717, 1.165) is 5.56 Å². The molecule has 26 heavy (non-hydrogen) atoms. The molecule has 1 aliphatic heterocycles. The van der Waals surface area contributed by atoms with Gasteiger partial charge in [-0.05, 0) is 43.7 Å². The minimum absolute atomic E-state index is 0.0633. The van der Waals surface area contributed by atoms with Crippen molar-refractivity contribution in [2.45, 2.75) is 25.5 Å². The van der Waals surface area contributed by atoms with Crippen LogP contribution in [0.25, 0.3) is 0 Å². The molecule has 1 aliphatic rings. The first-order valence-electron chi connectivity index (χ1n) is 8.23. The second kappa shape index (κ2) is 6.95. The summed E-state index contributed by atoms with van der Waals surface area (Å²) in [6, 6.07) is 15.0. The number of nitrogens with zero attached hydrogens (tertiary/aromatic N) is 2. The highest BCUT2D eigenvalue weighted by molar-refractivity contribution is 5.99. The Kier molecular flexibility index (Phi) is 4.71. The molecule has 2 atom stereocenters. The Morgan fingerprint density at radius 2 is 1.88 bits per heavy atom. The van der Waals surface area contributed by atoms with Crippen LogP contribution >= 0.6 is 0 Å². The molecule has 0 fully saturated rings. The van der Waals surface area contributed by atoms with Crippen molar-refractivity contribution in [3.8, 4) is 0 Å². The average Bonchev–Trinajstić information content (AvgIpc) is 3.01. The van der Waals surface area contributed by atoms with Gasteiger partial charge in [0.05, 0.1) is 11.5 Å². The highest BCUT2D eigenvalue weighted by Crippen LogP contribution is 2.39. The fourth-order valence-electron chi connectivity index (χ4n) is 2.95. The zero-order chi connectivity index (χ0) is 18.7. The Morgan fingerprint density at radius 1 is 1.23 bits per heavy atom. The molecule has 0 spiro atoms. The molecule has 2 aromatic carbocycles. The molecule has 0 amide bonds. The van der Waals surface area contributed by atoms with Gasteiger partial charge < -0.3 is 9.47 Å². The van der Waals surface area contributed by atoms with Crippen molar-refractivity contribution in [1.29, 1.82) is 0 Å². The van der Waals surface area contributed by atoms with Crippen molar-refractivity contribution in [2.75, 3.05) is 6.61 Å². The molecule has 3 rings (SSSR count). The van der Waals surface area contributed by atoms with Gasteiger partial charge in [-0.1, -0.05) is 18.2 Å². The molecular weight excluding hydrogens is 336 g/mol. The van der Waals surface area contributed by atoms with Crippen LogP contribution in [0.1, 0.15) is 25.0 Å². The van der Waals surface area contributed by atoms with E-state index in [2.05, 4.69) is 4.99 Å². The standard InChI is InChI=1S/C19H18N2O5/c1-3-25-18(22)19(15-9-11-16(12-10-15)21(23)24)13(2)26-17(20-19)14-7-5-4-6-8-14/h4-13H,3H2,1-2H3/t13-,19+/m1/s1. The van der Waals surface area contributed by atoms with Crippen LogP contribution in [0.4, 0.5) is 5.69 Å². The summed E-state index contributed by atoms with van der Waals surface area (Å²) in [5.74, 6) is -0.211. The first-order valence-corrected chi connectivity index (χ1v) is 8.23. The molecule has 0 saturated heterocycles. The third-order valence-corrected chi connectivity index (χ3v) is 4.28. The number of aliphatic imine (C=N–C) groups is 1. The van der Waals surface area contributed by atoms with Gasteiger partial charge in [-0.2, -0.15) is 0 Å². The molecule has 0 aromatic heterocycles. The number of rotatable bonds is 5. The van der Waals surface area contributed by atoms with E-state index >= 15 is 0 Å². The predicted octanol–water partition coefficient (Wildman–Crippen LogP) is 3.22. The summed E-state index contributed by atoms with van der Waals surface area (Å²) in [6.45, 7) is 3.64. The van der Waals surface area contributed by atoms with E-state index in [1.807, 2.05) is 30.3 Å². The van der Waals surface area contributed by atoms with Crippen LogP contribution < -0.4 is 0 Å². The van der Waals surface area contributed by atoms with Gasteiger partial charge in [0.25, 0.3) is 5.69 Å². The van der Waals surface area contributed by atoms with Crippen molar-refractivity contribution in [3.63, 3.8) is 0 Å². The monoisotopic (exact) mass is 354 g/mol. The highest BCUT2D eigenvalue weighted by atomic mass is 16.6. The van der Waals surface area contributed by atoms with Crippen LogP contribution in [0, 0.1) is 10.1 Å². The lowest BCUT2D eigenvalue weighted by molar-refractivity contribution is -0.384. The average molecular weight is 354 g/mol. The largest absolute Gasteiger partial charge is 0.471 e. The lowest BCUT2D eigenvalue weighted by Gasteiger charge is -2.27. The normalized spacial score (nSPS) is 21.6. The van der Waals surface area contributed by atoms with Crippen molar-refractivity contribution in [1.82, 2.24) is 0 Å². The fourth-order valence-corrected chi connectivity index (χ4v) is 2.95. The molecule has 2 aromatic rings. The van der Waals surface area contributed by atoms with Gasteiger partial charge in [0, 0.05) is 17.7 Å². The van der Waals surface area contributed by atoms with Gasteiger partial charge in [0.2, 0.25) is 11.4 Å². The van der Waals surface area contributed by atoms with E-state index in [0.29, 0.717) is 11.5 Å². The van der Waals surface area contributed by atoms with Crippen LogP contribution in [-0.4, -0.2) is 29.5 Å². The number of hydrogen-bond acceptors (Lipinski definition) is 6. The van der Waals surface area contributed by atoms with E-state index in [-0.39, 0.29) is 12.3 Å². The maximum Gasteiger partial charge on any atom is 0.342 e. The molecular formula is C19H18N2O5. The van der Waals surface area contributed by atoms with Gasteiger partial charge in [-0.25, -0.2) is 9.79 Å². The summed E-state index contributed by atoms with van der Waals surface area (Å²) in [5, 5.41) is 10.9. The minimum atomic E-state index is -1.41. The van der Waals surface area contributed by atoms with Crippen molar-refractivity contribution < 1.29 is 19.2 Å². The zero-order valence-electron chi connectivity index (χ0n) is 14.4. The number of esters is 1. The lowest BCUT2D eigenvalue weighted by atomic mass is 9.86. The van der Waals surface area contributed by atoms with Crippen molar-refractivity contribution >= 4 is 17.6 Å². The third kappa shape index (κ3) is 2.92. The number of hydrogen-bond donors (Lipinski definition) is 0. The predicted molar refractivity (Wildman–Crippen MR) is 94.9 cm³/mol. The third-order valence-electron chi connectivity index (χ3n) is 4.28. The number of nitro groups is 1. The highest BCUT2D eigenvalue weighted by Gasteiger charge is 2.53. The second-order valence-electron chi connectivity index (χ2n) is 5.83. The first kappa shape index (κ1) is 17.6. The number of nitro benzene ring substituents is 1. The van der Waals surface area contributed by atoms with Crippen LogP contribution in [0.15, 0.2) is 59.6 Å². The van der Waals surface area contributed by atoms with Gasteiger partial charge in [-0.15, -0.1) is 0 Å². The molecule has 0 unspecified atom stereocenters. The van der Waals surface area contributed by atoms with Gasteiger partial charge in [0.15, 0.2) is 0 Å². The quantitative estimate of drug-likeness (QED) is 0.467. The zero-order valence-corrected chi connectivity index (χ0v) is 14.4. The van der Waals surface area contributed by atoms with Crippen molar-refractivity contribution in [3.05, 3.63) is 75.8 Å². The number of carbonyl (C=O) groups excluding carboxylic acids is 1. The van der Waals surface area contributed by atoms with Gasteiger partial charge >= 0.3 is 5.97 Å². The van der Waals surface area contributed by atoms with Gasteiger partial charge in [-0.3, -0.25) is 10.1 Å². The van der Waals surface area contributed by atoms with Crippen LogP contribution in [0.3, 0.4) is 0 Å². The van der Waals surface area contributed by atoms with E-state index in [9.17, 15) is 14.9 Å². The lowest BCUT2D eigenvalue weighted by Crippen LogP contribution is -2.42. The molecule has 0 radical (unpaired) electrons. The molecule has 0 N–H and O–H groups in total. The maximum atomic E-state index is 12.8. The Balaban J connectivity index is 2.11. The summed E-state index contributed by atoms with van der Waals surface area (Å²) in [4.78, 5) is 27.8. The van der Waals surface area contributed by atoms with Gasteiger partial charge in [0.1, 0.15) is 6.10 Å². The van der Waals surface area contributed by atoms with Crippen molar-refractivity contribution in [2.24, 2.45) is 4.99 Å². The Bertz CT molecular complexity index is 848. The molecule has 0 bridgehead atoms. The van der Waals surface area contributed by atoms with E-state index in [4.69, 9.17) is 9.47 Å². The molecule has 7 heteroatoms. The van der Waals surface area contributed by atoms with Crippen LogP contribution in [0.5, 0.6) is 0 Å². The second-order valence-corrected chi connectivity index (χ2v) is 5.83. The molecule has 0 aliphatic carbocycles. The number of non-ortho nitro benzene ring substituents is 1. The Morgan fingerprint density at radius 3 is 2.46 bits per heavy atom. The first-order chi connectivity index (χ1) is 12.5. The smallest absolute Gasteiger partial charge is 0.342 e. The Labute approximate surface area is 150 Å². The van der Waals surface area contributed by atoms with E-state index in [1.54, 1.807) is 13.8 Å². The summed E-state index contributed by atoms with van der Waals surface area (Å²) in [5.41, 5.74) is -0.241. The molecule has 7 nitrogen and oxygen atoms in total. The van der Waals surface area contributed by atoms with Crippen LogP contribution in [0.2, 0.25) is 0 Å². The van der Waals surface area contributed by atoms with E-state index in [1.165, 1.54) is 24.3 Å². The maximum absolute atomic E-state index is 12.8. The molecule has 1 heterocycles. The summed E-state index contributed by atoms with van der Waals surface area (Å²) < 4.78 is 11.1. The summed E-state index contributed by atoms with van der Waals surface area (Å²) >= 11 is 0. The number of carbonyl (C=O) groups is 1. The minimum Gasteiger partial charge on any atom is -0.471 e. The Hall–Kier alpha value is -3.22. The van der Waals surface area contributed by atoms with E-state index < -0.39 is 22.5 Å². The summed E-state index contributed by atoms with van der Waals surface area (Å²) in [7, 11) is 0. The molecule has 134 valence electrons. The molecule has 0 saturated carbocycles. The fraction of sp³-hybridized carbons (Fsp3) is 0.263.